The molecule has 0 amide bonds. The third-order valence-corrected chi connectivity index (χ3v) is 9.60. The fourth-order valence-electron chi connectivity index (χ4n) is 5.97. The van der Waals surface area contributed by atoms with E-state index in [1.807, 2.05) is 115 Å². The Morgan fingerprint density at radius 1 is 0.333 bits per heavy atom. The molecule has 0 aliphatic heterocycles. The molecule has 1 unspecified atom stereocenters. The topological polar surface area (TPSA) is 78.9 Å². The van der Waals surface area contributed by atoms with E-state index in [0.29, 0.717) is 19.3 Å². The molecule has 0 aromatic carbocycles. The van der Waals surface area contributed by atoms with Crippen molar-refractivity contribution in [3.05, 3.63) is 146 Å². The summed E-state index contributed by atoms with van der Waals surface area (Å²) in [5.74, 6) is -1.07. The Bertz CT molecular complexity index is 1460. The van der Waals surface area contributed by atoms with Crippen molar-refractivity contribution in [1.29, 1.82) is 0 Å². The van der Waals surface area contributed by atoms with Gasteiger partial charge in [-0.2, -0.15) is 0 Å². The van der Waals surface area contributed by atoms with Crippen molar-refractivity contribution < 1.29 is 28.6 Å². The summed E-state index contributed by atoms with van der Waals surface area (Å²) in [6.45, 7) is 6.20. The molecule has 0 fully saturated rings. The molecular formula is C57H86O6. The molecule has 0 saturated carbocycles. The van der Waals surface area contributed by atoms with Crippen LogP contribution in [0.5, 0.6) is 0 Å². The summed E-state index contributed by atoms with van der Waals surface area (Å²) in [7, 11) is 0. The van der Waals surface area contributed by atoms with Crippen LogP contribution in [-0.4, -0.2) is 37.2 Å². The smallest absolute Gasteiger partial charge is 0.306 e. The van der Waals surface area contributed by atoms with E-state index in [-0.39, 0.29) is 44.0 Å². The van der Waals surface area contributed by atoms with E-state index in [4.69, 9.17) is 14.2 Å². The molecule has 0 aromatic heterocycles. The van der Waals surface area contributed by atoms with Crippen molar-refractivity contribution in [3.63, 3.8) is 0 Å². The summed E-state index contributed by atoms with van der Waals surface area (Å²) in [6, 6.07) is 0. The molecule has 0 bridgehead atoms. The quantitative estimate of drug-likeness (QED) is 0.0200. The zero-order valence-corrected chi connectivity index (χ0v) is 39.8. The second kappa shape index (κ2) is 49.9. The maximum absolute atomic E-state index is 12.8. The molecule has 0 saturated heterocycles. The predicted octanol–water partition coefficient (Wildman–Crippen LogP) is 16.1. The lowest BCUT2D eigenvalue weighted by Crippen LogP contribution is -2.30. The van der Waals surface area contributed by atoms with E-state index in [1.165, 1.54) is 64.2 Å². The van der Waals surface area contributed by atoms with Gasteiger partial charge >= 0.3 is 17.9 Å². The summed E-state index contributed by atoms with van der Waals surface area (Å²) in [5, 5.41) is 0. The summed E-state index contributed by atoms with van der Waals surface area (Å²) in [5.41, 5.74) is 0. The highest BCUT2D eigenvalue weighted by Gasteiger charge is 2.19. The zero-order chi connectivity index (χ0) is 45.8. The minimum Gasteiger partial charge on any atom is -0.462 e. The fraction of sp³-hybridized carbons (Fsp3) is 0.526. The van der Waals surface area contributed by atoms with Gasteiger partial charge < -0.3 is 14.2 Å². The molecule has 0 aliphatic rings. The lowest BCUT2D eigenvalue weighted by atomic mass is 10.1. The number of hydrogen-bond donors (Lipinski definition) is 0. The van der Waals surface area contributed by atoms with Crippen LogP contribution in [0.4, 0.5) is 0 Å². The molecule has 0 heterocycles. The summed E-state index contributed by atoms with van der Waals surface area (Å²) in [6.07, 6.45) is 71.2. The first kappa shape index (κ1) is 58.3. The van der Waals surface area contributed by atoms with Crippen molar-refractivity contribution in [2.24, 2.45) is 0 Å². The van der Waals surface area contributed by atoms with E-state index >= 15 is 0 Å². The average molecular weight is 867 g/mol. The second-order valence-electron chi connectivity index (χ2n) is 15.5. The Balaban J connectivity index is 4.62. The summed E-state index contributed by atoms with van der Waals surface area (Å²) in [4.78, 5) is 37.9. The van der Waals surface area contributed by atoms with Gasteiger partial charge in [-0.25, -0.2) is 0 Å². The molecule has 0 radical (unpaired) electrons. The number of ether oxygens (including phenoxy) is 3. The lowest BCUT2D eigenvalue weighted by molar-refractivity contribution is -0.167. The van der Waals surface area contributed by atoms with Gasteiger partial charge in [0, 0.05) is 19.3 Å². The molecular weight excluding hydrogens is 781 g/mol. The van der Waals surface area contributed by atoms with Gasteiger partial charge in [-0.15, -0.1) is 0 Å². The molecule has 1 atom stereocenters. The first-order chi connectivity index (χ1) is 31.0. The SMILES string of the molecule is CC/C=C/C=C/C=C/C=C/C=C/C=C/CCCCCC(=O)OCC(COC(=O)CCC/C=C/C=C/C=C/C=C/C=C/CC)OC(=O)CCCCCCCCC/C=C/CCCCCC. The van der Waals surface area contributed by atoms with Gasteiger partial charge in [0.15, 0.2) is 6.10 Å². The van der Waals surface area contributed by atoms with Crippen LogP contribution in [0.25, 0.3) is 0 Å². The molecule has 6 heteroatoms. The molecule has 0 N–H and O–H groups in total. The van der Waals surface area contributed by atoms with Crippen LogP contribution in [0.1, 0.15) is 175 Å². The Hall–Kier alpha value is -4.71. The van der Waals surface area contributed by atoms with Crippen molar-refractivity contribution in [3.8, 4) is 0 Å². The number of rotatable bonds is 41. The van der Waals surface area contributed by atoms with Gasteiger partial charge in [0.2, 0.25) is 0 Å². The molecule has 0 aliphatic carbocycles. The van der Waals surface area contributed by atoms with E-state index in [0.717, 1.165) is 57.8 Å². The fourth-order valence-corrected chi connectivity index (χ4v) is 5.97. The third kappa shape index (κ3) is 48.2. The number of unbranched alkanes of at least 4 members (excludes halogenated alkanes) is 15. The van der Waals surface area contributed by atoms with Crippen LogP contribution in [0, 0.1) is 0 Å². The molecule has 0 aromatic rings. The number of allylic oxidation sites excluding steroid dienone is 24. The van der Waals surface area contributed by atoms with E-state index < -0.39 is 6.10 Å². The maximum Gasteiger partial charge on any atom is 0.306 e. The minimum atomic E-state index is -0.833. The van der Waals surface area contributed by atoms with Crippen molar-refractivity contribution in [2.45, 2.75) is 181 Å². The van der Waals surface area contributed by atoms with E-state index in [9.17, 15) is 14.4 Å². The van der Waals surface area contributed by atoms with Crippen LogP contribution in [-0.2, 0) is 28.6 Å². The highest BCUT2D eigenvalue weighted by Crippen LogP contribution is 2.13. The van der Waals surface area contributed by atoms with Crippen LogP contribution in [0.15, 0.2) is 146 Å². The van der Waals surface area contributed by atoms with Crippen molar-refractivity contribution in [2.75, 3.05) is 13.2 Å². The number of carbonyl (C=O) groups is 3. The van der Waals surface area contributed by atoms with E-state index in [2.05, 4.69) is 51.2 Å². The minimum absolute atomic E-state index is 0.132. The van der Waals surface area contributed by atoms with Gasteiger partial charge in [0.1, 0.15) is 13.2 Å². The highest BCUT2D eigenvalue weighted by molar-refractivity contribution is 5.71. The van der Waals surface area contributed by atoms with Crippen LogP contribution in [0.3, 0.4) is 0 Å². The molecule has 6 nitrogen and oxygen atoms in total. The van der Waals surface area contributed by atoms with Crippen LogP contribution >= 0.6 is 0 Å². The third-order valence-electron chi connectivity index (χ3n) is 9.60. The molecule has 0 rings (SSSR count). The Morgan fingerprint density at radius 2 is 0.651 bits per heavy atom. The highest BCUT2D eigenvalue weighted by atomic mass is 16.6. The van der Waals surface area contributed by atoms with Gasteiger partial charge in [-0.3, -0.25) is 14.4 Å². The maximum atomic E-state index is 12.8. The first-order valence-corrected chi connectivity index (χ1v) is 24.5. The first-order valence-electron chi connectivity index (χ1n) is 24.5. The molecule has 0 spiro atoms. The zero-order valence-electron chi connectivity index (χ0n) is 39.8. The number of esters is 3. The second-order valence-corrected chi connectivity index (χ2v) is 15.5. The number of carbonyl (C=O) groups excluding carboxylic acids is 3. The van der Waals surface area contributed by atoms with Crippen molar-refractivity contribution >= 4 is 17.9 Å². The van der Waals surface area contributed by atoms with Crippen LogP contribution in [0.2, 0.25) is 0 Å². The van der Waals surface area contributed by atoms with Gasteiger partial charge in [0.25, 0.3) is 0 Å². The average Bonchev–Trinajstić information content (AvgIpc) is 3.28. The Kier molecular flexibility index (Phi) is 46.2. The summed E-state index contributed by atoms with van der Waals surface area (Å²) < 4.78 is 16.7. The summed E-state index contributed by atoms with van der Waals surface area (Å²) >= 11 is 0. The van der Waals surface area contributed by atoms with Gasteiger partial charge in [0.05, 0.1) is 0 Å². The molecule has 350 valence electrons. The Morgan fingerprint density at radius 3 is 1.10 bits per heavy atom. The largest absolute Gasteiger partial charge is 0.462 e. The monoisotopic (exact) mass is 867 g/mol. The van der Waals surface area contributed by atoms with Crippen molar-refractivity contribution in [1.82, 2.24) is 0 Å². The number of hydrogen-bond acceptors (Lipinski definition) is 6. The Labute approximate surface area is 385 Å². The van der Waals surface area contributed by atoms with Gasteiger partial charge in [-0.1, -0.05) is 224 Å². The predicted molar refractivity (Wildman–Crippen MR) is 269 cm³/mol. The molecule has 63 heavy (non-hydrogen) atoms. The van der Waals surface area contributed by atoms with Gasteiger partial charge in [-0.05, 0) is 77.0 Å². The van der Waals surface area contributed by atoms with E-state index in [1.54, 1.807) is 0 Å². The van der Waals surface area contributed by atoms with Crippen LogP contribution < -0.4 is 0 Å². The lowest BCUT2D eigenvalue weighted by Gasteiger charge is -2.18. The standard InChI is InChI=1S/C57H86O6/c1-4-7-10-13-16-19-22-25-27-28-30-32-35-38-41-44-47-50-56(59)62-53-54(52-61-55(58)49-46-43-40-37-34-31-24-21-18-15-12-9-6-3)63-57(60)51-48-45-42-39-36-33-29-26-23-20-17-14-11-8-5-2/h7,9-10,12-13,15-16,18-25,27-28,30-32,34-35,37,40,54H,4-6,8,11,14,17,26,29,33,36,38-39,41-53H2,1-3H3/b10-7+,12-9+,16-13+,18-15+,22-19+,23-20+,24-21+,27-25+,30-28+,34-31+,35-32+,40-37+. The normalized spacial score (nSPS) is 13.4.